The molecule has 0 aliphatic carbocycles. The van der Waals surface area contributed by atoms with Crippen LogP contribution in [0.25, 0.3) is 11.1 Å². The molecule has 0 atom stereocenters. The van der Waals surface area contributed by atoms with Crippen molar-refractivity contribution in [2.75, 3.05) is 33.9 Å². The third-order valence-electron chi connectivity index (χ3n) is 6.68. The lowest BCUT2D eigenvalue weighted by molar-refractivity contribution is -0.116. The Morgan fingerprint density at radius 1 is 0.860 bits per heavy atom. The van der Waals surface area contributed by atoms with Crippen molar-refractivity contribution >= 4 is 40.7 Å². The predicted molar refractivity (Wildman–Crippen MR) is 177 cm³/mol. The van der Waals surface area contributed by atoms with Crippen molar-refractivity contribution < 1.29 is 19.1 Å². The SMILES string of the molecule is CC(=O)N1CCCc2cc(-c3cccc(NC(=O)OC(C)(C)C)c3)ccc21.CC(=O)Nc1ccc(NCCC(C)C)cc1. The van der Waals surface area contributed by atoms with Crippen molar-refractivity contribution in [1.29, 1.82) is 0 Å². The highest BCUT2D eigenvalue weighted by molar-refractivity contribution is 5.93. The first-order valence-electron chi connectivity index (χ1n) is 14.9. The van der Waals surface area contributed by atoms with Gasteiger partial charge in [-0.15, -0.1) is 0 Å². The fourth-order valence-corrected chi connectivity index (χ4v) is 4.68. The van der Waals surface area contributed by atoms with E-state index < -0.39 is 11.7 Å². The van der Waals surface area contributed by atoms with Gasteiger partial charge in [0.2, 0.25) is 11.8 Å². The number of hydrogen-bond donors (Lipinski definition) is 3. The molecule has 1 aliphatic rings. The van der Waals surface area contributed by atoms with E-state index in [-0.39, 0.29) is 11.8 Å². The van der Waals surface area contributed by atoms with Gasteiger partial charge < -0.3 is 20.3 Å². The summed E-state index contributed by atoms with van der Waals surface area (Å²) in [5, 5.41) is 8.86. The quantitative estimate of drug-likeness (QED) is 0.260. The van der Waals surface area contributed by atoms with Gasteiger partial charge in [0.15, 0.2) is 0 Å². The van der Waals surface area contributed by atoms with Gasteiger partial charge in [-0.3, -0.25) is 14.9 Å². The van der Waals surface area contributed by atoms with Crippen LogP contribution in [0.4, 0.5) is 27.5 Å². The number of aryl methyl sites for hydroxylation is 1. The summed E-state index contributed by atoms with van der Waals surface area (Å²) >= 11 is 0. The molecule has 0 aromatic heterocycles. The molecule has 1 heterocycles. The molecule has 4 rings (SSSR count). The Labute approximate surface area is 256 Å². The average Bonchev–Trinajstić information content (AvgIpc) is 2.92. The molecule has 3 aromatic rings. The molecule has 0 spiro atoms. The Morgan fingerprint density at radius 2 is 1.53 bits per heavy atom. The van der Waals surface area contributed by atoms with E-state index in [9.17, 15) is 14.4 Å². The van der Waals surface area contributed by atoms with Crippen molar-refractivity contribution in [3.8, 4) is 11.1 Å². The van der Waals surface area contributed by atoms with Crippen LogP contribution in [-0.4, -0.2) is 36.6 Å². The van der Waals surface area contributed by atoms with E-state index in [4.69, 9.17) is 4.74 Å². The fourth-order valence-electron chi connectivity index (χ4n) is 4.68. The second-order valence-electron chi connectivity index (χ2n) is 12.2. The van der Waals surface area contributed by atoms with Crippen LogP contribution in [0.2, 0.25) is 0 Å². The summed E-state index contributed by atoms with van der Waals surface area (Å²) < 4.78 is 5.31. The van der Waals surface area contributed by atoms with E-state index in [0.29, 0.717) is 11.6 Å². The maximum absolute atomic E-state index is 12.0. The number of fused-ring (bicyclic) bond motifs is 1. The number of anilines is 4. The summed E-state index contributed by atoms with van der Waals surface area (Å²) in [6.07, 6.45) is 2.62. The molecule has 0 fully saturated rings. The highest BCUT2D eigenvalue weighted by atomic mass is 16.6. The first-order valence-corrected chi connectivity index (χ1v) is 14.9. The molecule has 0 bridgehead atoms. The maximum atomic E-state index is 12.0. The summed E-state index contributed by atoms with van der Waals surface area (Å²) in [6, 6.07) is 21.6. The molecule has 0 saturated heterocycles. The van der Waals surface area contributed by atoms with Gasteiger partial charge in [-0.25, -0.2) is 4.79 Å². The molecule has 43 heavy (non-hydrogen) atoms. The summed E-state index contributed by atoms with van der Waals surface area (Å²) in [5.41, 5.74) is 6.32. The summed E-state index contributed by atoms with van der Waals surface area (Å²) in [5.74, 6) is 0.749. The number of nitrogens with one attached hydrogen (secondary N) is 3. The maximum Gasteiger partial charge on any atom is 0.412 e. The molecule has 0 unspecified atom stereocenters. The predicted octanol–water partition coefficient (Wildman–Crippen LogP) is 8.10. The Kier molecular flexibility index (Phi) is 11.8. The number of carbonyl (C=O) groups is 3. The van der Waals surface area contributed by atoms with Crippen LogP contribution in [0.15, 0.2) is 66.7 Å². The Bertz CT molecular complexity index is 1390. The van der Waals surface area contributed by atoms with E-state index in [2.05, 4.69) is 35.9 Å². The lowest BCUT2D eigenvalue weighted by Crippen LogP contribution is -2.33. The van der Waals surface area contributed by atoms with Crippen LogP contribution >= 0.6 is 0 Å². The van der Waals surface area contributed by atoms with Gasteiger partial charge in [0.1, 0.15) is 5.60 Å². The molecular formula is C35H46N4O4. The van der Waals surface area contributed by atoms with E-state index in [1.54, 1.807) is 6.92 Å². The van der Waals surface area contributed by atoms with Crippen molar-refractivity contribution in [2.24, 2.45) is 5.92 Å². The van der Waals surface area contributed by atoms with Crippen molar-refractivity contribution in [3.63, 3.8) is 0 Å². The average molecular weight is 587 g/mol. The third kappa shape index (κ3) is 11.1. The monoisotopic (exact) mass is 586 g/mol. The number of carbonyl (C=O) groups excluding carboxylic acids is 3. The molecule has 0 radical (unpaired) electrons. The topological polar surface area (TPSA) is 99.8 Å². The van der Waals surface area contributed by atoms with Crippen molar-refractivity contribution in [2.45, 2.75) is 73.3 Å². The minimum atomic E-state index is -0.539. The second-order valence-corrected chi connectivity index (χ2v) is 12.2. The van der Waals surface area contributed by atoms with Gasteiger partial charge in [0, 0.05) is 49.7 Å². The van der Waals surface area contributed by atoms with Crippen LogP contribution in [0.1, 0.15) is 66.9 Å². The molecular weight excluding hydrogens is 540 g/mol. The zero-order chi connectivity index (χ0) is 31.6. The van der Waals surface area contributed by atoms with Gasteiger partial charge >= 0.3 is 6.09 Å². The minimum absolute atomic E-state index is 0.0412. The highest BCUT2D eigenvalue weighted by Crippen LogP contribution is 2.32. The first-order chi connectivity index (χ1) is 20.3. The molecule has 3 aromatic carbocycles. The van der Waals surface area contributed by atoms with Crippen LogP contribution in [-0.2, 0) is 20.7 Å². The molecule has 0 saturated carbocycles. The van der Waals surface area contributed by atoms with Crippen LogP contribution in [0, 0.1) is 5.92 Å². The van der Waals surface area contributed by atoms with Crippen LogP contribution in [0.3, 0.4) is 0 Å². The van der Waals surface area contributed by atoms with Gasteiger partial charge in [0.25, 0.3) is 0 Å². The van der Waals surface area contributed by atoms with Gasteiger partial charge in [-0.05, 0) is 111 Å². The van der Waals surface area contributed by atoms with Crippen molar-refractivity contribution in [1.82, 2.24) is 0 Å². The molecule has 3 amide bonds. The lowest BCUT2D eigenvalue weighted by atomic mass is 9.96. The van der Waals surface area contributed by atoms with E-state index >= 15 is 0 Å². The van der Waals surface area contributed by atoms with Gasteiger partial charge in [-0.2, -0.15) is 0 Å². The fraction of sp³-hybridized carbons (Fsp3) is 0.400. The summed E-state index contributed by atoms with van der Waals surface area (Å²) in [7, 11) is 0. The zero-order valence-corrected chi connectivity index (χ0v) is 26.5. The second kappa shape index (κ2) is 15.2. The number of nitrogens with zero attached hydrogens (tertiary/aromatic N) is 1. The standard InChI is InChI=1S/C22H26N2O3.C13H20N2O/c1-15(25)24-12-6-8-18-13-17(10-11-20(18)24)16-7-5-9-19(14-16)23-21(26)27-22(2,3)4;1-10(2)8-9-14-12-4-6-13(7-5-12)15-11(3)16/h5,7,9-11,13-14H,6,8,12H2,1-4H3,(H,23,26);4-7,10,14H,8-9H2,1-3H3,(H,15,16). The van der Waals surface area contributed by atoms with Gasteiger partial charge in [0.05, 0.1) is 0 Å². The Hall–Kier alpha value is -4.33. The lowest BCUT2D eigenvalue weighted by Gasteiger charge is -2.29. The molecule has 1 aliphatic heterocycles. The highest BCUT2D eigenvalue weighted by Gasteiger charge is 2.20. The van der Waals surface area contributed by atoms with Crippen LogP contribution in [0.5, 0.6) is 0 Å². The van der Waals surface area contributed by atoms with E-state index in [0.717, 1.165) is 60.5 Å². The normalized spacial score (nSPS) is 12.4. The first kappa shape index (κ1) is 33.2. The Morgan fingerprint density at radius 3 is 2.16 bits per heavy atom. The number of rotatable bonds is 7. The summed E-state index contributed by atoms with van der Waals surface area (Å²) in [4.78, 5) is 36.5. The van der Waals surface area contributed by atoms with Crippen molar-refractivity contribution in [3.05, 3.63) is 72.3 Å². The molecule has 8 heteroatoms. The molecule has 8 nitrogen and oxygen atoms in total. The van der Waals surface area contributed by atoms with Gasteiger partial charge in [-0.1, -0.05) is 32.0 Å². The number of hydrogen-bond acceptors (Lipinski definition) is 5. The summed E-state index contributed by atoms with van der Waals surface area (Å²) in [6.45, 7) is 14.8. The van der Waals surface area contributed by atoms with E-state index in [1.165, 1.54) is 12.5 Å². The molecule has 3 N–H and O–H groups in total. The van der Waals surface area contributed by atoms with E-state index in [1.807, 2.05) is 86.3 Å². The number of ether oxygens (including phenoxy) is 1. The number of benzene rings is 3. The third-order valence-corrected chi connectivity index (χ3v) is 6.68. The molecule has 230 valence electrons. The smallest absolute Gasteiger partial charge is 0.412 e. The number of amides is 3. The minimum Gasteiger partial charge on any atom is -0.444 e. The zero-order valence-electron chi connectivity index (χ0n) is 26.5. The Balaban J connectivity index is 0.000000271. The largest absolute Gasteiger partial charge is 0.444 e. The van der Waals surface area contributed by atoms with Crippen LogP contribution < -0.4 is 20.9 Å².